The van der Waals surface area contributed by atoms with E-state index in [-0.39, 0.29) is 25.7 Å². The fraction of sp³-hybridized carbons (Fsp3) is 0.478. The van der Waals surface area contributed by atoms with Crippen LogP contribution in [0.1, 0.15) is 66.7 Å². The minimum absolute atomic E-state index is 0.0277. The van der Waals surface area contributed by atoms with Crippen LogP contribution < -0.4 is 5.63 Å². The SMILES string of the molecule is CCCCOC(=O)c1cc2ccc3c(Br)c(C4(OC)CCCCC4)[se]c3c2oc1=O. The Balaban J connectivity index is 1.81. The predicted octanol–water partition coefficient (Wildman–Crippen LogP) is 5.53. The summed E-state index contributed by atoms with van der Waals surface area (Å²) in [5, 5.41) is 1.80. The molecule has 0 bridgehead atoms. The maximum absolute atomic E-state index is 12.6. The number of benzene rings is 1. The first kappa shape index (κ1) is 21.8. The van der Waals surface area contributed by atoms with Crippen molar-refractivity contribution in [2.24, 2.45) is 0 Å². The van der Waals surface area contributed by atoms with Gasteiger partial charge in [0.25, 0.3) is 0 Å². The zero-order chi connectivity index (χ0) is 21.3. The Morgan fingerprint density at radius 2 is 2.03 bits per heavy atom. The quantitative estimate of drug-likeness (QED) is 0.178. The van der Waals surface area contributed by atoms with Gasteiger partial charge in [0.2, 0.25) is 0 Å². The molecule has 1 aromatic carbocycles. The molecule has 1 fully saturated rings. The van der Waals surface area contributed by atoms with E-state index in [1.54, 1.807) is 13.2 Å². The molecule has 1 aliphatic carbocycles. The molecule has 2 aromatic heterocycles. The summed E-state index contributed by atoms with van der Waals surface area (Å²) < 4.78 is 20.3. The Morgan fingerprint density at radius 3 is 2.73 bits per heavy atom. The predicted molar refractivity (Wildman–Crippen MR) is 122 cm³/mol. The number of rotatable bonds is 6. The van der Waals surface area contributed by atoms with E-state index in [0.29, 0.717) is 12.2 Å². The maximum atomic E-state index is 12.6. The van der Waals surface area contributed by atoms with Gasteiger partial charge in [-0.3, -0.25) is 0 Å². The summed E-state index contributed by atoms with van der Waals surface area (Å²) in [6.45, 7) is 2.32. The van der Waals surface area contributed by atoms with Gasteiger partial charge < -0.3 is 0 Å². The van der Waals surface area contributed by atoms with Gasteiger partial charge in [0.05, 0.1) is 0 Å². The van der Waals surface area contributed by atoms with E-state index in [4.69, 9.17) is 13.9 Å². The summed E-state index contributed by atoms with van der Waals surface area (Å²) >= 11 is 3.79. The molecule has 0 unspecified atom stereocenters. The Hall–Kier alpha value is -1.40. The van der Waals surface area contributed by atoms with E-state index < -0.39 is 11.6 Å². The second kappa shape index (κ2) is 8.99. The first-order valence-corrected chi connectivity index (χ1v) is 12.9. The van der Waals surface area contributed by atoms with Crippen molar-refractivity contribution in [3.8, 4) is 0 Å². The van der Waals surface area contributed by atoms with E-state index in [1.165, 1.54) is 10.9 Å². The third kappa shape index (κ3) is 3.81. The number of unbranched alkanes of at least 4 members (excludes halogenated alkanes) is 1. The second-order valence-electron chi connectivity index (χ2n) is 7.80. The summed E-state index contributed by atoms with van der Waals surface area (Å²) in [7, 11) is 1.80. The molecular weight excluding hydrogens is 515 g/mol. The third-order valence-corrected chi connectivity index (χ3v) is 10.2. The summed E-state index contributed by atoms with van der Waals surface area (Å²) in [6.07, 6.45) is 7.27. The van der Waals surface area contributed by atoms with Crippen molar-refractivity contribution in [1.82, 2.24) is 0 Å². The molecule has 7 heteroatoms. The molecule has 1 saturated carbocycles. The van der Waals surface area contributed by atoms with E-state index in [0.717, 1.165) is 58.0 Å². The Kier molecular flexibility index (Phi) is 6.54. The average molecular weight is 540 g/mol. The summed E-state index contributed by atoms with van der Waals surface area (Å²) in [5.74, 6) is -0.620. The van der Waals surface area contributed by atoms with Crippen LogP contribution in [-0.2, 0) is 15.1 Å². The summed E-state index contributed by atoms with van der Waals surface area (Å²) in [5.41, 5.74) is -0.364. The van der Waals surface area contributed by atoms with Crippen LogP contribution in [0.25, 0.3) is 20.6 Å². The molecule has 160 valence electrons. The molecule has 0 aliphatic heterocycles. The molecule has 0 N–H and O–H groups in total. The molecule has 30 heavy (non-hydrogen) atoms. The molecule has 0 amide bonds. The zero-order valence-corrected chi connectivity index (χ0v) is 20.5. The first-order valence-electron chi connectivity index (χ1n) is 10.4. The van der Waals surface area contributed by atoms with Gasteiger partial charge in [-0.15, -0.1) is 0 Å². The van der Waals surface area contributed by atoms with Gasteiger partial charge in [0.15, 0.2) is 0 Å². The Bertz CT molecular complexity index is 1140. The summed E-state index contributed by atoms with van der Waals surface area (Å²) in [4.78, 5) is 24.9. The standard InChI is InChI=1S/C23H25BrO5Se/c1-3-4-12-28-21(25)16-13-14-8-9-15-17(24)20(23(27-2)10-6-5-7-11-23)30-19(15)18(14)29-22(16)26/h8-9,13H,3-7,10-12H2,1-2H3. The summed E-state index contributed by atoms with van der Waals surface area (Å²) in [6, 6.07) is 5.54. The van der Waals surface area contributed by atoms with Crippen molar-refractivity contribution in [1.29, 1.82) is 0 Å². The molecule has 2 heterocycles. The molecule has 5 nitrogen and oxygen atoms in total. The number of halogens is 1. The first-order chi connectivity index (χ1) is 14.5. The number of ether oxygens (including phenoxy) is 2. The molecule has 0 atom stereocenters. The van der Waals surface area contributed by atoms with Crippen molar-refractivity contribution in [3.05, 3.63) is 43.1 Å². The van der Waals surface area contributed by atoms with Crippen molar-refractivity contribution in [2.75, 3.05) is 13.7 Å². The number of hydrogen-bond donors (Lipinski definition) is 0. The van der Waals surface area contributed by atoms with Crippen LogP contribution in [0.4, 0.5) is 0 Å². The van der Waals surface area contributed by atoms with E-state index >= 15 is 0 Å². The van der Waals surface area contributed by atoms with Crippen LogP contribution in [0, 0.1) is 0 Å². The van der Waals surface area contributed by atoms with Gasteiger partial charge in [0.1, 0.15) is 0 Å². The monoisotopic (exact) mass is 540 g/mol. The topological polar surface area (TPSA) is 65.7 Å². The van der Waals surface area contributed by atoms with Gasteiger partial charge in [-0.1, -0.05) is 0 Å². The van der Waals surface area contributed by atoms with Crippen LogP contribution in [-0.4, -0.2) is 34.2 Å². The fourth-order valence-electron chi connectivity index (χ4n) is 4.17. The van der Waals surface area contributed by atoms with E-state index in [2.05, 4.69) is 15.9 Å². The zero-order valence-electron chi connectivity index (χ0n) is 17.2. The third-order valence-electron chi connectivity index (χ3n) is 5.91. The van der Waals surface area contributed by atoms with Crippen molar-refractivity contribution in [3.63, 3.8) is 0 Å². The van der Waals surface area contributed by atoms with Crippen LogP contribution in [0.5, 0.6) is 0 Å². The number of fused-ring (bicyclic) bond motifs is 3. The molecule has 0 spiro atoms. The van der Waals surface area contributed by atoms with Crippen LogP contribution in [0.3, 0.4) is 0 Å². The molecule has 1 aliphatic rings. The van der Waals surface area contributed by atoms with E-state index in [9.17, 15) is 9.59 Å². The van der Waals surface area contributed by atoms with Gasteiger partial charge in [-0.2, -0.15) is 0 Å². The molecule has 0 saturated heterocycles. The van der Waals surface area contributed by atoms with Crippen molar-refractivity contribution < 1.29 is 18.7 Å². The van der Waals surface area contributed by atoms with Crippen LogP contribution in [0.15, 0.2) is 31.9 Å². The second-order valence-corrected chi connectivity index (χ2v) is 10.7. The van der Waals surface area contributed by atoms with Crippen molar-refractivity contribution >= 4 is 57.0 Å². The number of hydrogen-bond acceptors (Lipinski definition) is 5. The number of methoxy groups -OCH3 is 1. The number of carbonyl (C=O) groups is 1. The van der Waals surface area contributed by atoms with Crippen molar-refractivity contribution in [2.45, 2.75) is 57.5 Å². The number of esters is 1. The van der Waals surface area contributed by atoms with Gasteiger partial charge in [0, 0.05) is 0 Å². The van der Waals surface area contributed by atoms with Gasteiger partial charge in [-0.25, -0.2) is 0 Å². The molecule has 0 radical (unpaired) electrons. The molecular formula is C23H25BrO5Se. The van der Waals surface area contributed by atoms with Gasteiger partial charge in [-0.05, 0) is 0 Å². The average Bonchev–Trinajstić information content (AvgIpc) is 3.11. The number of carbonyl (C=O) groups excluding carboxylic acids is 1. The minimum atomic E-state index is -0.642. The normalized spacial score (nSPS) is 16.2. The molecule has 4 rings (SSSR count). The Labute approximate surface area is 189 Å². The van der Waals surface area contributed by atoms with E-state index in [1.807, 2.05) is 19.1 Å². The Morgan fingerprint density at radius 1 is 1.27 bits per heavy atom. The van der Waals surface area contributed by atoms with Crippen LogP contribution in [0.2, 0.25) is 0 Å². The van der Waals surface area contributed by atoms with Crippen LogP contribution >= 0.6 is 15.9 Å². The fourth-order valence-corrected chi connectivity index (χ4v) is 8.54. The molecule has 3 aromatic rings. The van der Waals surface area contributed by atoms with Gasteiger partial charge >= 0.3 is 190 Å².